The van der Waals surface area contributed by atoms with Gasteiger partial charge in [0, 0.05) is 12.0 Å². The van der Waals surface area contributed by atoms with Crippen LogP contribution in [0.2, 0.25) is 0 Å². The highest BCUT2D eigenvalue weighted by molar-refractivity contribution is 5.25. The first kappa shape index (κ1) is 13.5. The van der Waals surface area contributed by atoms with E-state index in [1.165, 1.54) is 0 Å². The van der Waals surface area contributed by atoms with Crippen molar-refractivity contribution in [2.24, 2.45) is 0 Å². The molecule has 100 valence electrons. The van der Waals surface area contributed by atoms with Gasteiger partial charge >= 0.3 is 0 Å². The average molecular weight is 252 g/mol. The van der Waals surface area contributed by atoms with Crippen LogP contribution in [0.15, 0.2) is 24.3 Å². The summed E-state index contributed by atoms with van der Waals surface area (Å²) in [7, 11) is 0. The number of hydrogen-bond donors (Lipinski definition) is 1. The molecule has 1 unspecified atom stereocenters. The molecule has 2 rings (SSSR count). The molecule has 1 saturated heterocycles. The van der Waals surface area contributed by atoms with E-state index >= 15 is 0 Å². The summed E-state index contributed by atoms with van der Waals surface area (Å²) in [4.78, 5) is 10.9. The fourth-order valence-corrected chi connectivity index (χ4v) is 1.79. The molecule has 1 fully saturated rings. The molecule has 0 amide bonds. The minimum Gasteiger partial charge on any atom is -0.392 e. The summed E-state index contributed by atoms with van der Waals surface area (Å²) < 4.78 is 5.78. The zero-order valence-corrected chi connectivity index (χ0v) is 11.1. The first-order valence-corrected chi connectivity index (χ1v) is 6.16. The van der Waals surface area contributed by atoms with E-state index in [0.717, 1.165) is 17.5 Å². The zero-order chi connectivity index (χ0) is 13.2. The predicted molar refractivity (Wildman–Crippen MR) is 66.5 cm³/mol. The number of aliphatic hydroxyl groups is 1. The van der Waals surface area contributed by atoms with Crippen molar-refractivity contribution in [3.05, 3.63) is 35.4 Å². The standard InChI is InChI=1S/C14H20O4/c1-13(2)8-9-16-14(3,18-17-13)12-6-4-11(10-15)5-7-12/h4-7,15H,8-10H2,1-3H3. The Labute approximate surface area is 107 Å². The summed E-state index contributed by atoms with van der Waals surface area (Å²) >= 11 is 0. The molecule has 1 aliphatic rings. The van der Waals surface area contributed by atoms with Crippen molar-refractivity contribution in [2.75, 3.05) is 6.61 Å². The number of benzene rings is 1. The van der Waals surface area contributed by atoms with Crippen LogP contribution in [0, 0.1) is 0 Å². The summed E-state index contributed by atoms with van der Waals surface area (Å²) in [5.41, 5.74) is 1.39. The van der Waals surface area contributed by atoms with Crippen molar-refractivity contribution >= 4 is 0 Å². The second-order valence-electron chi connectivity index (χ2n) is 5.33. The van der Waals surface area contributed by atoms with E-state index in [0.29, 0.717) is 6.61 Å². The van der Waals surface area contributed by atoms with Crippen LogP contribution in [0.5, 0.6) is 0 Å². The summed E-state index contributed by atoms with van der Waals surface area (Å²) in [6, 6.07) is 7.47. The molecule has 1 heterocycles. The number of aliphatic hydroxyl groups excluding tert-OH is 1. The van der Waals surface area contributed by atoms with Crippen LogP contribution >= 0.6 is 0 Å². The molecule has 0 radical (unpaired) electrons. The molecule has 0 spiro atoms. The van der Waals surface area contributed by atoms with Crippen molar-refractivity contribution in [3.8, 4) is 0 Å². The normalized spacial score (nSPS) is 27.8. The Morgan fingerprint density at radius 3 is 2.39 bits per heavy atom. The quantitative estimate of drug-likeness (QED) is 0.822. The predicted octanol–water partition coefficient (Wildman–Crippen LogP) is 2.50. The number of hydrogen-bond acceptors (Lipinski definition) is 4. The van der Waals surface area contributed by atoms with E-state index in [9.17, 15) is 0 Å². The maximum Gasteiger partial charge on any atom is 0.224 e. The zero-order valence-electron chi connectivity index (χ0n) is 11.1. The van der Waals surface area contributed by atoms with Crippen molar-refractivity contribution in [1.82, 2.24) is 0 Å². The monoisotopic (exact) mass is 252 g/mol. The molecule has 1 N–H and O–H groups in total. The van der Waals surface area contributed by atoms with E-state index in [1.54, 1.807) is 0 Å². The van der Waals surface area contributed by atoms with Crippen LogP contribution in [0.25, 0.3) is 0 Å². The van der Waals surface area contributed by atoms with E-state index in [1.807, 2.05) is 45.0 Å². The Morgan fingerprint density at radius 2 is 1.78 bits per heavy atom. The van der Waals surface area contributed by atoms with Crippen molar-refractivity contribution in [3.63, 3.8) is 0 Å². The summed E-state index contributed by atoms with van der Waals surface area (Å²) in [5.74, 6) is -0.901. The van der Waals surface area contributed by atoms with Gasteiger partial charge in [-0.25, -0.2) is 4.89 Å². The fourth-order valence-electron chi connectivity index (χ4n) is 1.79. The maximum atomic E-state index is 9.03. The lowest BCUT2D eigenvalue weighted by Crippen LogP contribution is -2.30. The summed E-state index contributed by atoms with van der Waals surface area (Å²) in [6.45, 7) is 6.38. The fraction of sp³-hybridized carbons (Fsp3) is 0.571. The van der Waals surface area contributed by atoms with Crippen LogP contribution < -0.4 is 0 Å². The highest BCUT2D eigenvalue weighted by atomic mass is 17.2. The molecule has 1 atom stereocenters. The average Bonchev–Trinajstić information content (AvgIpc) is 2.50. The van der Waals surface area contributed by atoms with Crippen LogP contribution in [-0.2, 0) is 26.9 Å². The van der Waals surface area contributed by atoms with Gasteiger partial charge in [-0.1, -0.05) is 24.3 Å². The Kier molecular flexibility index (Phi) is 3.73. The van der Waals surface area contributed by atoms with Gasteiger partial charge in [0.2, 0.25) is 5.79 Å². The second-order valence-corrected chi connectivity index (χ2v) is 5.33. The van der Waals surface area contributed by atoms with Crippen molar-refractivity contribution in [1.29, 1.82) is 0 Å². The highest BCUT2D eigenvalue weighted by Crippen LogP contribution is 2.33. The molecule has 1 aliphatic heterocycles. The van der Waals surface area contributed by atoms with Crippen LogP contribution in [-0.4, -0.2) is 17.3 Å². The first-order chi connectivity index (χ1) is 8.45. The number of rotatable bonds is 2. The third-order valence-electron chi connectivity index (χ3n) is 3.17. The van der Waals surface area contributed by atoms with Crippen molar-refractivity contribution < 1.29 is 19.6 Å². The SMILES string of the molecule is CC1(C)CCOC(C)(c2ccc(CO)cc2)OO1. The van der Waals surface area contributed by atoms with Crippen LogP contribution in [0.1, 0.15) is 38.3 Å². The largest absolute Gasteiger partial charge is 0.392 e. The van der Waals surface area contributed by atoms with Gasteiger partial charge < -0.3 is 9.84 Å². The maximum absolute atomic E-state index is 9.03. The van der Waals surface area contributed by atoms with E-state index < -0.39 is 5.79 Å². The third kappa shape index (κ3) is 2.90. The molecular weight excluding hydrogens is 232 g/mol. The summed E-state index contributed by atoms with van der Waals surface area (Å²) in [6.07, 6.45) is 0.775. The van der Waals surface area contributed by atoms with Crippen molar-refractivity contribution in [2.45, 2.75) is 45.2 Å². The molecule has 1 aromatic carbocycles. The van der Waals surface area contributed by atoms with Gasteiger partial charge in [-0.05, 0) is 26.3 Å². The lowest BCUT2D eigenvalue weighted by atomic mass is 10.1. The van der Waals surface area contributed by atoms with Gasteiger partial charge in [-0.2, -0.15) is 4.89 Å². The molecule has 0 bridgehead atoms. The first-order valence-electron chi connectivity index (χ1n) is 6.16. The molecule has 0 saturated carbocycles. The van der Waals surface area contributed by atoms with E-state index in [4.69, 9.17) is 19.6 Å². The molecular formula is C14H20O4. The molecule has 0 aliphatic carbocycles. The van der Waals surface area contributed by atoms with Crippen LogP contribution in [0.3, 0.4) is 0 Å². The Balaban J connectivity index is 2.19. The highest BCUT2D eigenvalue weighted by Gasteiger charge is 2.37. The molecule has 4 nitrogen and oxygen atoms in total. The lowest BCUT2D eigenvalue weighted by molar-refractivity contribution is -0.446. The van der Waals surface area contributed by atoms with Gasteiger partial charge in [0.05, 0.1) is 13.2 Å². The molecule has 1 aromatic rings. The Morgan fingerprint density at radius 1 is 1.11 bits per heavy atom. The Bertz CT molecular complexity index is 399. The van der Waals surface area contributed by atoms with E-state index in [2.05, 4.69) is 0 Å². The van der Waals surface area contributed by atoms with Gasteiger partial charge in [-0.3, -0.25) is 0 Å². The summed E-state index contributed by atoms with van der Waals surface area (Å²) in [5, 5.41) is 9.03. The lowest BCUT2D eigenvalue weighted by Gasteiger charge is -2.28. The second kappa shape index (κ2) is 4.97. The van der Waals surface area contributed by atoms with Gasteiger partial charge in [0.25, 0.3) is 0 Å². The minimum absolute atomic E-state index is 0.0300. The topological polar surface area (TPSA) is 47.9 Å². The van der Waals surface area contributed by atoms with Gasteiger partial charge in [-0.15, -0.1) is 0 Å². The Hall–Kier alpha value is -0.940. The van der Waals surface area contributed by atoms with Gasteiger partial charge in [0.1, 0.15) is 5.60 Å². The van der Waals surface area contributed by atoms with Crippen LogP contribution in [0.4, 0.5) is 0 Å². The minimum atomic E-state index is -0.901. The van der Waals surface area contributed by atoms with Gasteiger partial charge in [0.15, 0.2) is 0 Å². The third-order valence-corrected chi connectivity index (χ3v) is 3.17. The van der Waals surface area contributed by atoms with E-state index in [-0.39, 0.29) is 12.2 Å². The molecule has 18 heavy (non-hydrogen) atoms. The molecule has 4 heteroatoms. The number of ether oxygens (including phenoxy) is 1. The smallest absolute Gasteiger partial charge is 0.224 e. The molecule has 0 aromatic heterocycles.